The maximum absolute atomic E-state index is 12.6. The summed E-state index contributed by atoms with van der Waals surface area (Å²) in [6, 6.07) is 8.27. The topological polar surface area (TPSA) is 54.7 Å². The van der Waals surface area contributed by atoms with Crippen LogP contribution in [0.5, 0.6) is 0 Å². The number of carbonyl (C=O) groups excluding carboxylic acids is 1. The van der Waals surface area contributed by atoms with Crippen molar-refractivity contribution in [2.45, 2.75) is 53.0 Å². The highest BCUT2D eigenvalue weighted by Gasteiger charge is 2.23. The van der Waals surface area contributed by atoms with Crippen LogP contribution in [0.2, 0.25) is 0 Å². The number of hydrogen-bond acceptors (Lipinski definition) is 4. The monoisotopic (exact) mass is 434 g/mol. The predicted molar refractivity (Wildman–Crippen MR) is 109 cm³/mol. The van der Waals surface area contributed by atoms with E-state index in [0.717, 1.165) is 29.7 Å². The summed E-state index contributed by atoms with van der Waals surface area (Å²) < 4.78 is 12.1. The molecule has 27 heavy (non-hydrogen) atoms. The summed E-state index contributed by atoms with van der Waals surface area (Å²) in [7, 11) is 0. The first-order valence-electron chi connectivity index (χ1n) is 9.33. The Kier molecular flexibility index (Phi) is 6.40. The van der Waals surface area contributed by atoms with E-state index in [1.54, 1.807) is 6.92 Å². The van der Waals surface area contributed by atoms with Crippen molar-refractivity contribution in [1.29, 1.82) is 0 Å². The Morgan fingerprint density at radius 3 is 2.37 bits per heavy atom. The third-order valence-electron chi connectivity index (χ3n) is 4.86. The molecule has 0 spiro atoms. The first-order chi connectivity index (χ1) is 12.8. The van der Waals surface area contributed by atoms with Crippen molar-refractivity contribution in [2.75, 3.05) is 13.1 Å². The number of rotatable bonds is 5. The number of morpholine rings is 1. The average molecular weight is 435 g/mol. The molecule has 2 aromatic rings. The van der Waals surface area contributed by atoms with Crippen LogP contribution in [0.1, 0.15) is 46.9 Å². The first kappa shape index (κ1) is 20.1. The summed E-state index contributed by atoms with van der Waals surface area (Å²) in [5.74, 6) is 1.22. The smallest absolute Gasteiger partial charge is 0.256 e. The van der Waals surface area contributed by atoms with E-state index < -0.39 is 0 Å². The zero-order valence-corrected chi connectivity index (χ0v) is 17.9. The molecule has 0 aliphatic carbocycles. The van der Waals surface area contributed by atoms with Gasteiger partial charge in [-0.15, -0.1) is 0 Å². The quantitative estimate of drug-likeness (QED) is 0.765. The summed E-state index contributed by atoms with van der Waals surface area (Å²) in [5.41, 5.74) is 2.94. The molecule has 1 saturated heterocycles. The molecule has 6 heteroatoms. The van der Waals surface area contributed by atoms with E-state index in [1.165, 1.54) is 5.56 Å². The molecular weight excluding hydrogens is 408 g/mol. The molecule has 2 unspecified atom stereocenters. The lowest BCUT2D eigenvalue weighted by atomic mass is 10.1. The van der Waals surface area contributed by atoms with Gasteiger partial charge >= 0.3 is 0 Å². The van der Waals surface area contributed by atoms with E-state index in [2.05, 4.69) is 52.1 Å². The van der Waals surface area contributed by atoms with Crippen LogP contribution in [0, 0.1) is 13.8 Å². The van der Waals surface area contributed by atoms with Gasteiger partial charge in [-0.1, -0.05) is 24.3 Å². The van der Waals surface area contributed by atoms with Crippen molar-refractivity contribution < 1.29 is 13.9 Å². The third-order valence-corrected chi connectivity index (χ3v) is 5.82. The average Bonchev–Trinajstić information content (AvgIpc) is 2.85. The number of ether oxygens (including phenoxy) is 1. The van der Waals surface area contributed by atoms with Crippen LogP contribution < -0.4 is 5.32 Å². The van der Waals surface area contributed by atoms with Gasteiger partial charge in [0.25, 0.3) is 5.91 Å². The molecule has 146 valence electrons. The minimum absolute atomic E-state index is 0.125. The number of furan rings is 1. The molecule has 2 heterocycles. The summed E-state index contributed by atoms with van der Waals surface area (Å²) >= 11 is 3.45. The fourth-order valence-electron chi connectivity index (χ4n) is 3.72. The second-order valence-corrected chi connectivity index (χ2v) is 8.10. The molecule has 1 N–H and O–H groups in total. The predicted octanol–water partition coefficient (Wildman–Crippen LogP) is 4.20. The third kappa shape index (κ3) is 4.81. The number of nitrogens with zero attached hydrogens (tertiary/aromatic N) is 1. The fourth-order valence-corrected chi connectivity index (χ4v) is 4.26. The highest BCUT2D eigenvalue weighted by atomic mass is 79.9. The fraction of sp³-hybridized carbons (Fsp3) is 0.476. The van der Waals surface area contributed by atoms with E-state index in [1.807, 2.05) is 19.1 Å². The maximum atomic E-state index is 12.6. The highest BCUT2D eigenvalue weighted by Crippen LogP contribution is 2.27. The Labute approximate surface area is 169 Å². The molecule has 1 aliphatic heterocycles. The van der Waals surface area contributed by atoms with Crippen LogP contribution in [0.25, 0.3) is 0 Å². The number of halogens is 1. The SMILES string of the molecule is Cc1oc(C)c(C(=O)NCc2ccccc2CN2CC(C)OC(C)C2)c1Br. The van der Waals surface area contributed by atoms with Crippen LogP contribution in [-0.2, 0) is 17.8 Å². The van der Waals surface area contributed by atoms with Gasteiger partial charge in [0.15, 0.2) is 0 Å². The van der Waals surface area contributed by atoms with E-state index in [-0.39, 0.29) is 18.1 Å². The molecule has 1 aliphatic rings. The lowest BCUT2D eigenvalue weighted by Gasteiger charge is -2.35. The molecule has 2 atom stereocenters. The Hall–Kier alpha value is -1.63. The standard InChI is InChI=1S/C21H27BrN2O3/c1-13-10-24(11-14(2)26-13)12-18-8-6-5-7-17(18)9-23-21(25)19-15(3)27-16(4)20(19)22/h5-8,13-14H,9-12H2,1-4H3,(H,23,25). The van der Waals surface area contributed by atoms with Gasteiger partial charge in [-0.05, 0) is 54.8 Å². The van der Waals surface area contributed by atoms with Gasteiger partial charge in [-0.2, -0.15) is 0 Å². The minimum Gasteiger partial charge on any atom is -0.465 e. The molecule has 0 saturated carbocycles. The van der Waals surface area contributed by atoms with Gasteiger partial charge in [0, 0.05) is 26.2 Å². The lowest BCUT2D eigenvalue weighted by Crippen LogP contribution is -2.45. The number of amides is 1. The Bertz CT molecular complexity index is 808. The van der Waals surface area contributed by atoms with Gasteiger partial charge in [0.1, 0.15) is 11.5 Å². The number of carbonyl (C=O) groups is 1. The minimum atomic E-state index is -0.125. The largest absolute Gasteiger partial charge is 0.465 e. The van der Waals surface area contributed by atoms with Crippen molar-refractivity contribution in [1.82, 2.24) is 10.2 Å². The van der Waals surface area contributed by atoms with Gasteiger partial charge in [-0.3, -0.25) is 9.69 Å². The van der Waals surface area contributed by atoms with Crippen molar-refractivity contribution in [3.05, 3.63) is 56.9 Å². The summed E-state index contributed by atoms with van der Waals surface area (Å²) in [6.45, 7) is 11.1. The molecule has 3 rings (SSSR count). The first-order valence-corrected chi connectivity index (χ1v) is 10.1. The Balaban J connectivity index is 1.68. The zero-order chi connectivity index (χ0) is 19.6. The summed E-state index contributed by atoms with van der Waals surface area (Å²) in [6.07, 6.45) is 0.482. The molecule has 1 amide bonds. The number of nitrogens with one attached hydrogen (secondary N) is 1. The van der Waals surface area contributed by atoms with E-state index >= 15 is 0 Å². The van der Waals surface area contributed by atoms with Crippen LogP contribution in [-0.4, -0.2) is 36.1 Å². The summed E-state index contributed by atoms with van der Waals surface area (Å²) in [5, 5.41) is 3.03. The van der Waals surface area contributed by atoms with Crippen molar-refractivity contribution in [3.8, 4) is 0 Å². The highest BCUT2D eigenvalue weighted by molar-refractivity contribution is 9.10. The van der Waals surface area contributed by atoms with Crippen molar-refractivity contribution in [2.24, 2.45) is 0 Å². The molecule has 0 radical (unpaired) electrons. The van der Waals surface area contributed by atoms with Crippen LogP contribution >= 0.6 is 15.9 Å². The van der Waals surface area contributed by atoms with E-state index in [4.69, 9.17) is 9.15 Å². The molecule has 1 aromatic heterocycles. The van der Waals surface area contributed by atoms with Crippen LogP contribution in [0.3, 0.4) is 0 Å². The van der Waals surface area contributed by atoms with Crippen LogP contribution in [0.15, 0.2) is 33.2 Å². The van der Waals surface area contributed by atoms with Crippen molar-refractivity contribution >= 4 is 21.8 Å². The molecule has 1 aromatic carbocycles. The lowest BCUT2D eigenvalue weighted by molar-refractivity contribution is -0.0705. The Morgan fingerprint density at radius 2 is 1.78 bits per heavy atom. The summed E-state index contributed by atoms with van der Waals surface area (Å²) in [4.78, 5) is 15.0. The second-order valence-electron chi connectivity index (χ2n) is 7.31. The zero-order valence-electron chi connectivity index (χ0n) is 16.3. The van der Waals surface area contributed by atoms with Gasteiger partial charge in [0.05, 0.1) is 22.2 Å². The maximum Gasteiger partial charge on any atom is 0.256 e. The number of aryl methyl sites for hydroxylation is 2. The molecular formula is C21H27BrN2O3. The normalized spacial score (nSPS) is 20.6. The van der Waals surface area contributed by atoms with Gasteiger partial charge in [0.2, 0.25) is 0 Å². The Morgan fingerprint density at radius 1 is 1.15 bits per heavy atom. The van der Waals surface area contributed by atoms with Gasteiger partial charge < -0.3 is 14.5 Å². The van der Waals surface area contributed by atoms with Crippen molar-refractivity contribution in [3.63, 3.8) is 0 Å². The number of benzene rings is 1. The second kappa shape index (κ2) is 8.59. The number of hydrogen-bond donors (Lipinski definition) is 1. The molecule has 5 nitrogen and oxygen atoms in total. The van der Waals surface area contributed by atoms with E-state index in [0.29, 0.717) is 23.6 Å². The van der Waals surface area contributed by atoms with E-state index in [9.17, 15) is 4.79 Å². The van der Waals surface area contributed by atoms with Crippen LogP contribution in [0.4, 0.5) is 0 Å². The van der Waals surface area contributed by atoms with Gasteiger partial charge in [-0.25, -0.2) is 0 Å². The molecule has 0 bridgehead atoms. The molecule has 1 fully saturated rings.